The molecule has 6 heterocycles. The molecule has 1 N–H and O–H groups in total. The van der Waals surface area contributed by atoms with Gasteiger partial charge in [0.2, 0.25) is 0 Å². The van der Waals surface area contributed by atoms with Crippen LogP contribution in [0.5, 0.6) is 0 Å². The van der Waals surface area contributed by atoms with Gasteiger partial charge in [0.1, 0.15) is 26.0 Å². The SMILES string of the molecule is CC(C)(C)OC(=O)N1CCN(Cc2ccc(Br)nc2)CC1.CC(C)(C)OC(=O)N1CCNCC1.Cc1ccc(CN2CCN(C(=O)OC(C)(C)C)CC2)cn1.O=Cc1ccc(Br)nc1. The summed E-state index contributed by atoms with van der Waals surface area (Å²) in [7, 11) is 0. The molecular weight excluding hydrogens is 950 g/mol. The highest BCUT2D eigenvalue weighted by Gasteiger charge is 2.27. The number of aldehydes is 1. The molecule has 0 unspecified atom stereocenters. The lowest BCUT2D eigenvalue weighted by Gasteiger charge is -2.35. The van der Waals surface area contributed by atoms with Crippen molar-refractivity contribution in [3.8, 4) is 0 Å². The Morgan fingerprint density at radius 3 is 1.27 bits per heavy atom. The van der Waals surface area contributed by atoms with E-state index in [1.54, 1.807) is 26.8 Å². The average molecular weight is 1020 g/mol. The number of halogens is 2. The van der Waals surface area contributed by atoms with Crippen molar-refractivity contribution in [2.45, 2.75) is 99.1 Å². The van der Waals surface area contributed by atoms with Crippen molar-refractivity contribution < 1.29 is 33.4 Å². The minimum Gasteiger partial charge on any atom is -0.444 e. The first-order valence-corrected chi connectivity index (χ1v) is 23.2. The number of carbonyl (C=O) groups excluding carboxylic acids is 4. The maximum absolute atomic E-state index is 12.0. The Labute approximate surface area is 397 Å². The maximum Gasteiger partial charge on any atom is 0.410 e. The van der Waals surface area contributed by atoms with Gasteiger partial charge in [0.25, 0.3) is 0 Å². The molecule has 3 fully saturated rings. The summed E-state index contributed by atoms with van der Waals surface area (Å²) in [5.74, 6) is 0. The Bertz CT molecular complexity index is 1770. The van der Waals surface area contributed by atoms with E-state index in [1.165, 1.54) is 17.3 Å². The van der Waals surface area contributed by atoms with Crippen molar-refractivity contribution in [3.63, 3.8) is 0 Å². The predicted octanol–water partition coefficient (Wildman–Crippen LogP) is 7.82. The summed E-state index contributed by atoms with van der Waals surface area (Å²) in [6.07, 6.45) is 5.46. The molecular formula is C46H69Br2N9O7. The highest BCUT2D eigenvalue weighted by atomic mass is 79.9. The first-order valence-electron chi connectivity index (χ1n) is 21.7. The second-order valence-electron chi connectivity index (χ2n) is 18.5. The van der Waals surface area contributed by atoms with Gasteiger partial charge in [0, 0.05) is 121 Å². The zero-order valence-corrected chi connectivity index (χ0v) is 42.5. The van der Waals surface area contributed by atoms with Gasteiger partial charge < -0.3 is 34.2 Å². The fourth-order valence-corrected chi connectivity index (χ4v) is 6.54. The maximum atomic E-state index is 12.0. The van der Waals surface area contributed by atoms with Crippen LogP contribution in [0, 0.1) is 6.92 Å². The van der Waals surface area contributed by atoms with Crippen LogP contribution >= 0.6 is 31.9 Å². The number of nitrogens with zero attached hydrogens (tertiary/aromatic N) is 8. The van der Waals surface area contributed by atoms with E-state index in [1.807, 2.05) is 93.8 Å². The third kappa shape index (κ3) is 22.6. The molecule has 0 aromatic carbocycles. The van der Waals surface area contributed by atoms with Crippen molar-refractivity contribution in [1.82, 2.24) is 44.8 Å². The lowest BCUT2D eigenvalue weighted by molar-refractivity contribution is 0.0129. The number of nitrogens with one attached hydrogen (secondary N) is 1. The van der Waals surface area contributed by atoms with Gasteiger partial charge in [-0.05, 0) is 136 Å². The van der Waals surface area contributed by atoms with E-state index >= 15 is 0 Å². The van der Waals surface area contributed by atoms with E-state index in [-0.39, 0.29) is 23.9 Å². The van der Waals surface area contributed by atoms with Gasteiger partial charge >= 0.3 is 18.3 Å². The fraction of sp³-hybridized carbons (Fsp3) is 0.587. The topological polar surface area (TPSA) is 163 Å². The van der Waals surface area contributed by atoms with Crippen molar-refractivity contribution in [2.24, 2.45) is 0 Å². The van der Waals surface area contributed by atoms with E-state index in [0.29, 0.717) is 31.7 Å². The quantitative estimate of drug-likeness (QED) is 0.150. The van der Waals surface area contributed by atoms with Crippen LogP contribution in [-0.2, 0) is 27.3 Å². The molecule has 0 saturated carbocycles. The van der Waals surface area contributed by atoms with Crippen LogP contribution in [0.1, 0.15) is 89.5 Å². The van der Waals surface area contributed by atoms with Crippen LogP contribution in [-0.4, -0.2) is 159 Å². The molecule has 0 spiro atoms. The van der Waals surface area contributed by atoms with Gasteiger partial charge in [0.15, 0.2) is 6.29 Å². The van der Waals surface area contributed by atoms with E-state index in [4.69, 9.17) is 14.2 Å². The molecule has 0 atom stereocenters. The van der Waals surface area contributed by atoms with Crippen molar-refractivity contribution >= 4 is 56.4 Å². The third-order valence-corrected chi connectivity index (χ3v) is 10.2. The number of carbonyl (C=O) groups is 4. The van der Waals surface area contributed by atoms with Crippen molar-refractivity contribution in [2.75, 3.05) is 78.5 Å². The molecule has 354 valence electrons. The van der Waals surface area contributed by atoms with Crippen LogP contribution in [0.25, 0.3) is 0 Å². The number of amides is 3. The summed E-state index contributed by atoms with van der Waals surface area (Å²) in [4.78, 5) is 67.9. The third-order valence-electron chi connectivity index (χ3n) is 9.28. The molecule has 0 bridgehead atoms. The van der Waals surface area contributed by atoms with Gasteiger partial charge in [0.05, 0.1) is 0 Å². The summed E-state index contributed by atoms with van der Waals surface area (Å²) in [6.45, 7) is 30.2. The van der Waals surface area contributed by atoms with Gasteiger partial charge in [-0.2, -0.15) is 0 Å². The minimum atomic E-state index is -0.433. The predicted molar refractivity (Wildman–Crippen MR) is 255 cm³/mol. The van der Waals surface area contributed by atoms with Crippen LogP contribution in [0.3, 0.4) is 0 Å². The van der Waals surface area contributed by atoms with Crippen LogP contribution in [0.15, 0.2) is 64.2 Å². The number of piperazine rings is 3. The number of hydrogen-bond acceptors (Lipinski definition) is 13. The Kier molecular flexibility index (Phi) is 22.0. The Morgan fingerprint density at radius 2 is 0.938 bits per heavy atom. The Hall–Kier alpha value is -4.23. The molecule has 3 saturated heterocycles. The van der Waals surface area contributed by atoms with E-state index < -0.39 is 11.2 Å². The van der Waals surface area contributed by atoms with Crippen LogP contribution in [0.2, 0.25) is 0 Å². The summed E-state index contributed by atoms with van der Waals surface area (Å²) in [5.41, 5.74) is 2.78. The van der Waals surface area contributed by atoms with E-state index in [2.05, 4.69) is 74.1 Å². The molecule has 3 amide bonds. The molecule has 6 rings (SSSR count). The largest absolute Gasteiger partial charge is 0.444 e. The zero-order valence-electron chi connectivity index (χ0n) is 39.4. The molecule has 3 aliphatic rings. The second kappa shape index (κ2) is 26.1. The first-order chi connectivity index (χ1) is 30.0. The normalized spacial score (nSPS) is 16.1. The summed E-state index contributed by atoms with van der Waals surface area (Å²) < 4.78 is 17.6. The summed E-state index contributed by atoms with van der Waals surface area (Å²) in [6, 6.07) is 11.6. The number of aryl methyl sites for hydroxylation is 1. The number of hydrogen-bond donors (Lipinski definition) is 1. The van der Waals surface area contributed by atoms with Gasteiger partial charge in [-0.1, -0.05) is 12.1 Å². The Balaban J connectivity index is 0.000000238. The smallest absolute Gasteiger partial charge is 0.410 e. The lowest BCUT2D eigenvalue weighted by atomic mass is 10.2. The number of pyridine rings is 3. The van der Waals surface area contributed by atoms with Gasteiger partial charge in [-0.15, -0.1) is 0 Å². The first kappa shape index (κ1) is 54.1. The average Bonchev–Trinajstić information content (AvgIpc) is 3.22. The molecule has 3 aromatic rings. The highest BCUT2D eigenvalue weighted by Crippen LogP contribution is 2.16. The molecule has 64 heavy (non-hydrogen) atoms. The minimum absolute atomic E-state index is 0.200. The standard InChI is InChI=1S/C16H25N3O2.C15H22BrN3O2.C9H18N2O2.C6H4BrNO/c1-13-5-6-14(11-17-13)12-18-7-9-19(10-8-18)15(20)21-16(2,3)4;1-15(2,3)21-14(20)19-8-6-18(7-9-19)11-12-4-5-13(16)17-10-12;1-9(2,3)13-8(12)11-6-4-10-5-7-11;7-6-2-1-5(4-9)3-8-6/h5-6,11H,7-10,12H2,1-4H3;4-5,10H,6-9,11H2,1-3H3;10H,4-7H2,1-3H3;1-4H. The number of ether oxygens (including phenoxy) is 3. The molecule has 0 aliphatic carbocycles. The zero-order chi connectivity index (χ0) is 47.5. The summed E-state index contributed by atoms with van der Waals surface area (Å²) >= 11 is 6.48. The van der Waals surface area contributed by atoms with Gasteiger partial charge in [-0.3, -0.25) is 19.6 Å². The fourth-order valence-electron chi connectivity index (χ4n) is 6.07. The number of aromatic nitrogens is 3. The monoisotopic (exact) mass is 1020 g/mol. The summed E-state index contributed by atoms with van der Waals surface area (Å²) in [5, 5.41) is 3.18. The van der Waals surface area contributed by atoms with E-state index in [9.17, 15) is 19.2 Å². The molecule has 3 aliphatic heterocycles. The van der Waals surface area contributed by atoms with Crippen molar-refractivity contribution in [1.29, 1.82) is 0 Å². The van der Waals surface area contributed by atoms with Crippen molar-refractivity contribution in [3.05, 3.63) is 86.6 Å². The molecule has 0 radical (unpaired) electrons. The van der Waals surface area contributed by atoms with E-state index in [0.717, 1.165) is 86.6 Å². The van der Waals surface area contributed by atoms with Gasteiger partial charge in [-0.25, -0.2) is 24.4 Å². The molecule has 3 aromatic heterocycles. The Morgan fingerprint density at radius 1 is 0.562 bits per heavy atom. The molecule has 16 nitrogen and oxygen atoms in total. The highest BCUT2D eigenvalue weighted by molar-refractivity contribution is 9.10. The van der Waals surface area contributed by atoms with Crippen LogP contribution in [0.4, 0.5) is 14.4 Å². The van der Waals surface area contributed by atoms with Crippen LogP contribution < -0.4 is 5.32 Å². The second-order valence-corrected chi connectivity index (χ2v) is 20.2. The lowest BCUT2D eigenvalue weighted by Crippen LogP contribution is -2.49. The number of rotatable bonds is 5. The molecule has 18 heteroatoms.